The molecule has 0 rings (SSSR count). The molecule has 0 unspecified atom stereocenters. The highest BCUT2D eigenvalue weighted by Gasteiger charge is 2.31. The Kier molecular flexibility index (Phi) is 7.76. The van der Waals surface area contributed by atoms with E-state index in [0.29, 0.717) is 20.3 Å². The smallest absolute Gasteiger partial charge is 0.0212 e. The highest BCUT2D eigenvalue weighted by Crippen LogP contribution is 2.50. The van der Waals surface area contributed by atoms with E-state index in [1.54, 1.807) is 0 Å². The summed E-state index contributed by atoms with van der Waals surface area (Å²) in [5.74, 6) is 0.753. The predicted octanol–water partition coefficient (Wildman–Crippen LogP) is 7.82. The van der Waals surface area contributed by atoms with Crippen molar-refractivity contribution in [2.24, 2.45) is 16.7 Å². The third-order valence-electron chi connectivity index (χ3n) is 4.38. The first-order valence-electron chi connectivity index (χ1n) is 8.43. The topological polar surface area (TPSA) is 0 Å². The van der Waals surface area contributed by atoms with Crippen molar-refractivity contribution in [1.29, 1.82) is 0 Å². The van der Waals surface area contributed by atoms with Crippen LogP contribution in [-0.2, 0) is 0 Å². The lowest BCUT2D eigenvalue weighted by Crippen LogP contribution is -2.26. The molecule has 0 aliphatic heterocycles. The number of hydrogen-bond donors (Lipinski definition) is 0. The van der Waals surface area contributed by atoms with E-state index in [0.717, 1.165) is 5.92 Å². The first-order chi connectivity index (χ1) is 9.06. The molecule has 0 aliphatic rings. The number of hydrogen-bond acceptors (Lipinski definition) is 2. The highest BCUT2D eigenvalue weighted by molar-refractivity contribution is 8.77. The van der Waals surface area contributed by atoms with Crippen LogP contribution in [0.25, 0.3) is 0 Å². The van der Waals surface area contributed by atoms with Gasteiger partial charge in [-0.15, -0.1) is 0 Å². The molecule has 0 saturated carbocycles. The predicted molar refractivity (Wildman–Crippen MR) is 105 cm³/mol. The molecule has 0 radical (unpaired) electrons. The SMILES string of the molecule is CC(C)C(C)(C)CCC(C)(C)SSC(C)(C)CC(C)(C)C. The quantitative estimate of drug-likeness (QED) is 0.415. The Hall–Kier alpha value is 0.700. The van der Waals surface area contributed by atoms with Crippen molar-refractivity contribution in [2.45, 2.75) is 105 Å². The fraction of sp³-hybridized carbons (Fsp3) is 1.00. The summed E-state index contributed by atoms with van der Waals surface area (Å²) < 4.78 is 0.694. The van der Waals surface area contributed by atoms with Crippen LogP contribution in [0.4, 0.5) is 0 Å². The van der Waals surface area contributed by atoms with Crippen LogP contribution in [0.2, 0.25) is 0 Å². The van der Waals surface area contributed by atoms with Crippen LogP contribution in [-0.4, -0.2) is 9.49 Å². The summed E-state index contributed by atoms with van der Waals surface area (Å²) in [4.78, 5) is 0. The first-order valence-corrected chi connectivity index (χ1v) is 10.6. The average Bonchev–Trinajstić information content (AvgIpc) is 2.21. The van der Waals surface area contributed by atoms with Gasteiger partial charge in [-0.05, 0) is 63.7 Å². The lowest BCUT2D eigenvalue weighted by Gasteiger charge is -2.36. The molecule has 0 amide bonds. The van der Waals surface area contributed by atoms with E-state index in [1.807, 2.05) is 0 Å². The third kappa shape index (κ3) is 10.2. The van der Waals surface area contributed by atoms with Gasteiger partial charge in [0.1, 0.15) is 0 Å². The van der Waals surface area contributed by atoms with Gasteiger partial charge in [0.25, 0.3) is 0 Å². The van der Waals surface area contributed by atoms with Crippen LogP contribution in [0, 0.1) is 16.7 Å². The Morgan fingerprint density at radius 1 is 0.667 bits per heavy atom. The van der Waals surface area contributed by atoms with Gasteiger partial charge in [-0.2, -0.15) is 0 Å². The normalized spacial score (nSPS) is 14.9. The molecule has 21 heavy (non-hydrogen) atoms. The second-order valence-corrected chi connectivity index (χ2v) is 13.6. The van der Waals surface area contributed by atoms with Crippen molar-refractivity contribution >= 4 is 21.6 Å². The Morgan fingerprint density at radius 3 is 1.48 bits per heavy atom. The van der Waals surface area contributed by atoms with Crippen molar-refractivity contribution < 1.29 is 0 Å². The summed E-state index contributed by atoms with van der Waals surface area (Å²) in [5.41, 5.74) is 0.851. The van der Waals surface area contributed by atoms with Crippen LogP contribution in [0.3, 0.4) is 0 Å². The molecule has 0 bridgehead atoms. The molecule has 0 N–H and O–H groups in total. The zero-order chi connectivity index (χ0) is 17.1. The first kappa shape index (κ1) is 21.7. The fourth-order valence-corrected chi connectivity index (χ4v) is 5.39. The van der Waals surface area contributed by atoms with Crippen molar-refractivity contribution in [2.75, 3.05) is 0 Å². The molecule has 0 spiro atoms. The molecule has 2 heteroatoms. The molecule has 0 saturated heterocycles. The van der Waals surface area contributed by atoms with E-state index in [9.17, 15) is 0 Å². The van der Waals surface area contributed by atoms with Crippen LogP contribution in [0.1, 0.15) is 95.4 Å². The minimum Gasteiger partial charge on any atom is -0.0873 e. The molecule has 0 aromatic rings. The Balaban J connectivity index is 4.43. The molecular weight excluding hydrogens is 292 g/mol. The summed E-state index contributed by atoms with van der Waals surface area (Å²) in [6.45, 7) is 26.2. The Labute approximate surface area is 143 Å². The molecule has 0 atom stereocenters. The third-order valence-corrected chi connectivity index (χ3v) is 8.67. The maximum Gasteiger partial charge on any atom is 0.0212 e. The van der Waals surface area contributed by atoms with Crippen molar-refractivity contribution in [3.63, 3.8) is 0 Å². The van der Waals surface area contributed by atoms with Gasteiger partial charge in [-0.3, -0.25) is 0 Å². The van der Waals surface area contributed by atoms with Gasteiger partial charge in [0, 0.05) is 9.49 Å². The molecule has 0 nitrogen and oxygen atoms in total. The van der Waals surface area contributed by atoms with Gasteiger partial charge in [0.05, 0.1) is 0 Å². The maximum atomic E-state index is 2.41. The number of rotatable bonds is 8. The van der Waals surface area contributed by atoms with Gasteiger partial charge in [-0.25, -0.2) is 0 Å². The van der Waals surface area contributed by atoms with Gasteiger partial charge in [0.15, 0.2) is 0 Å². The zero-order valence-corrected chi connectivity index (χ0v) is 18.1. The summed E-state index contributed by atoms with van der Waals surface area (Å²) in [5, 5.41) is 0. The van der Waals surface area contributed by atoms with E-state index >= 15 is 0 Å². The molecule has 0 aromatic heterocycles. The molecule has 128 valence electrons. The molecular formula is C19H40S2. The molecule has 0 fully saturated rings. The highest BCUT2D eigenvalue weighted by atomic mass is 33.1. The molecule has 0 heterocycles. The van der Waals surface area contributed by atoms with Crippen LogP contribution < -0.4 is 0 Å². The van der Waals surface area contributed by atoms with E-state index < -0.39 is 0 Å². The van der Waals surface area contributed by atoms with Crippen LogP contribution >= 0.6 is 21.6 Å². The van der Waals surface area contributed by atoms with Crippen molar-refractivity contribution in [3.8, 4) is 0 Å². The van der Waals surface area contributed by atoms with Gasteiger partial charge in [-0.1, -0.05) is 70.1 Å². The van der Waals surface area contributed by atoms with Crippen molar-refractivity contribution in [3.05, 3.63) is 0 Å². The van der Waals surface area contributed by atoms with Gasteiger partial charge >= 0.3 is 0 Å². The second-order valence-electron chi connectivity index (χ2n) is 10.1. The summed E-state index contributed by atoms with van der Waals surface area (Å²) in [6.07, 6.45) is 3.86. The lowest BCUT2D eigenvalue weighted by molar-refractivity contribution is 0.217. The summed E-state index contributed by atoms with van der Waals surface area (Å²) in [7, 11) is 4.18. The standard InChI is InChI=1S/C19H40S2/c1-15(2)17(6,7)12-13-18(8,9)20-21-19(10,11)14-16(3,4)5/h15H,12-14H2,1-11H3. The van der Waals surface area contributed by atoms with E-state index in [2.05, 4.69) is 97.7 Å². The zero-order valence-electron chi connectivity index (χ0n) is 16.5. The molecule has 0 aromatic carbocycles. The largest absolute Gasteiger partial charge is 0.0873 e. The maximum absolute atomic E-state index is 2.41. The van der Waals surface area contributed by atoms with Crippen LogP contribution in [0.5, 0.6) is 0 Å². The van der Waals surface area contributed by atoms with Gasteiger partial charge in [0.2, 0.25) is 0 Å². The van der Waals surface area contributed by atoms with E-state index in [1.165, 1.54) is 19.3 Å². The summed E-state index contributed by atoms with van der Waals surface area (Å²) >= 11 is 0. The second kappa shape index (κ2) is 7.51. The Bertz CT molecular complexity index is 306. The lowest BCUT2D eigenvalue weighted by atomic mass is 9.76. The minimum absolute atomic E-state index is 0.341. The fourth-order valence-electron chi connectivity index (χ4n) is 2.49. The van der Waals surface area contributed by atoms with E-state index in [-0.39, 0.29) is 0 Å². The monoisotopic (exact) mass is 332 g/mol. The van der Waals surface area contributed by atoms with Gasteiger partial charge < -0.3 is 0 Å². The minimum atomic E-state index is 0.341. The summed E-state index contributed by atoms with van der Waals surface area (Å²) in [6, 6.07) is 0. The van der Waals surface area contributed by atoms with Crippen molar-refractivity contribution in [1.82, 2.24) is 0 Å². The van der Waals surface area contributed by atoms with E-state index in [4.69, 9.17) is 0 Å². The Morgan fingerprint density at radius 2 is 1.10 bits per heavy atom. The van der Waals surface area contributed by atoms with Crippen LogP contribution in [0.15, 0.2) is 0 Å². The molecule has 0 aliphatic carbocycles. The average molecular weight is 333 g/mol.